The molecule has 0 saturated carbocycles. The minimum atomic E-state index is -3.40. The summed E-state index contributed by atoms with van der Waals surface area (Å²) in [5.41, 5.74) is 1.92. The van der Waals surface area contributed by atoms with Gasteiger partial charge in [-0.3, -0.25) is 0 Å². The van der Waals surface area contributed by atoms with Gasteiger partial charge >= 0.3 is 0 Å². The van der Waals surface area contributed by atoms with Gasteiger partial charge < -0.3 is 0 Å². The summed E-state index contributed by atoms with van der Waals surface area (Å²) >= 11 is 5.78. The minimum Gasteiger partial charge on any atom is -0.198 e. The van der Waals surface area contributed by atoms with Crippen LogP contribution in [0.1, 0.15) is 37.3 Å². The van der Waals surface area contributed by atoms with Gasteiger partial charge in [-0.15, -0.1) is 11.6 Å². The molecule has 1 fully saturated rings. The van der Waals surface area contributed by atoms with E-state index in [0.717, 1.165) is 30.4 Å². The van der Waals surface area contributed by atoms with Crippen LogP contribution >= 0.6 is 11.6 Å². The standard InChI is InChI=1S/C14H21ClN2O2S/c1-12-5-2-3-8-17(12)20(18,19)16-11-14-7-4-6-13(9-14)10-15/h4,6-7,9,12,16H,2-3,5,8,10-11H2,1H3. The molecule has 4 nitrogen and oxygen atoms in total. The molecule has 0 aliphatic carbocycles. The molecule has 20 heavy (non-hydrogen) atoms. The zero-order chi connectivity index (χ0) is 14.6. The van der Waals surface area contributed by atoms with Crippen molar-refractivity contribution in [3.63, 3.8) is 0 Å². The average Bonchev–Trinajstić information content (AvgIpc) is 2.46. The third-order valence-electron chi connectivity index (χ3n) is 3.66. The molecular weight excluding hydrogens is 296 g/mol. The highest BCUT2D eigenvalue weighted by molar-refractivity contribution is 7.87. The Kier molecular flexibility index (Phi) is 5.43. The minimum absolute atomic E-state index is 0.0791. The lowest BCUT2D eigenvalue weighted by atomic mass is 10.1. The first-order valence-corrected chi connectivity index (χ1v) is 8.90. The average molecular weight is 317 g/mol. The summed E-state index contributed by atoms with van der Waals surface area (Å²) in [6.07, 6.45) is 2.97. The zero-order valence-corrected chi connectivity index (χ0v) is 13.3. The van der Waals surface area contributed by atoms with Crippen LogP contribution < -0.4 is 4.72 Å². The normalized spacial score (nSPS) is 21.0. The maximum Gasteiger partial charge on any atom is 0.279 e. The van der Waals surface area contributed by atoms with E-state index in [1.54, 1.807) is 4.31 Å². The topological polar surface area (TPSA) is 49.4 Å². The fraction of sp³-hybridized carbons (Fsp3) is 0.571. The van der Waals surface area contributed by atoms with Crippen molar-refractivity contribution in [2.24, 2.45) is 0 Å². The molecular formula is C14H21ClN2O2S. The van der Waals surface area contributed by atoms with Crippen molar-refractivity contribution >= 4 is 21.8 Å². The number of hydrogen-bond donors (Lipinski definition) is 1. The Hall–Kier alpha value is -0.620. The van der Waals surface area contributed by atoms with Crippen molar-refractivity contribution in [3.05, 3.63) is 35.4 Å². The highest BCUT2D eigenvalue weighted by Gasteiger charge is 2.28. The molecule has 1 saturated heterocycles. The largest absolute Gasteiger partial charge is 0.279 e. The molecule has 112 valence electrons. The molecule has 0 spiro atoms. The second-order valence-electron chi connectivity index (χ2n) is 5.24. The molecule has 2 rings (SSSR count). The fourth-order valence-corrected chi connectivity index (χ4v) is 4.14. The third kappa shape index (κ3) is 3.95. The van der Waals surface area contributed by atoms with E-state index >= 15 is 0 Å². The van der Waals surface area contributed by atoms with Crippen molar-refractivity contribution in [2.45, 2.75) is 44.7 Å². The van der Waals surface area contributed by atoms with E-state index in [-0.39, 0.29) is 6.04 Å². The molecule has 1 aromatic carbocycles. The maximum atomic E-state index is 12.3. The molecule has 6 heteroatoms. The van der Waals surface area contributed by atoms with E-state index < -0.39 is 10.2 Å². The smallest absolute Gasteiger partial charge is 0.198 e. The van der Waals surface area contributed by atoms with E-state index in [0.29, 0.717) is 19.0 Å². The van der Waals surface area contributed by atoms with Crippen molar-refractivity contribution in [1.29, 1.82) is 0 Å². The Morgan fingerprint density at radius 3 is 2.80 bits per heavy atom. The summed E-state index contributed by atoms with van der Waals surface area (Å²) < 4.78 is 28.9. The number of benzene rings is 1. The van der Waals surface area contributed by atoms with Crippen molar-refractivity contribution < 1.29 is 8.42 Å². The SMILES string of the molecule is CC1CCCCN1S(=O)(=O)NCc1cccc(CCl)c1. The third-order valence-corrected chi connectivity index (χ3v) is 5.63. The molecule has 1 atom stereocenters. The summed E-state index contributed by atoms with van der Waals surface area (Å²) in [5.74, 6) is 0.434. The van der Waals surface area contributed by atoms with Crippen LogP contribution in [-0.4, -0.2) is 25.3 Å². The van der Waals surface area contributed by atoms with Crippen LogP contribution in [0.5, 0.6) is 0 Å². The number of halogens is 1. The summed E-state index contributed by atoms with van der Waals surface area (Å²) in [7, 11) is -3.40. The molecule has 1 aliphatic rings. The predicted octanol–water partition coefficient (Wildman–Crippen LogP) is 2.63. The molecule has 1 aliphatic heterocycles. The van der Waals surface area contributed by atoms with Crippen LogP contribution in [0.15, 0.2) is 24.3 Å². The first-order valence-electron chi connectivity index (χ1n) is 6.93. The van der Waals surface area contributed by atoms with Gasteiger partial charge in [0.15, 0.2) is 0 Å². The number of nitrogens with one attached hydrogen (secondary N) is 1. The van der Waals surface area contributed by atoms with Gasteiger partial charge in [0.1, 0.15) is 0 Å². The number of rotatable bonds is 5. The lowest BCUT2D eigenvalue weighted by Crippen LogP contribution is -2.47. The lowest BCUT2D eigenvalue weighted by Gasteiger charge is -2.32. The van der Waals surface area contributed by atoms with Crippen LogP contribution in [0.3, 0.4) is 0 Å². The number of hydrogen-bond acceptors (Lipinski definition) is 2. The highest BCUT2D eigenvalue weighted by Crippen LogP contribution is 2.19. The van der Waals surface area contributed by atoms with Crippen LogP contribution in [0.25, 0.3) is 0 Å². The Balaban J connectivity index is 2.01. The fourth-order valence-electron chi connectivity index (χ4n) is 2.51. The van der Waals surface area contributed by atoms with Crippen molar-refractivity contribution in [3.8, 4) is 0 Å². The van der Waals surface area contributed by atoms with E-state index in [2.05, 4.69) is 4.72 Å². The Morgan fingerprint density at radius 1 is 1.35 bits per heavy atom. The van der Waals surface area contributed by atoms with Crippen LogP contribution in [0, 0.1) is 0 Å². The first kappa shape index (κ1) is 15.8. The number of nitrogens with zero attached hydrogens (tertiary/aromatic N) is 1. The van der Waals surface area contributed by atoms with Crippen LogP contribution in [0.2, 0.25) is 0 Å². The van der Waals surface area contributed by atoms with Gasteiger partial charge in [-0.05, 0) is 30.9 Å². The van der Waals surface area contributed by atoms with Crippen LogP contribution in [-0.2, 0) is 22.6 Å². The maximum absolute atomic E-state index is 12.3. The van der Waals surface area contributed by atoms with Crippen LogP contribution in [0.4, 0.5) is 0 Å². The molecule has 1 heterocycles. The second kappa shape index (κ2) is 6.89. The van der Waals surface area contributed by atoms with Gasteiger partial charge in [-0.25, -0.2) is 0 Å². The molecule has 1 unspecified atom stereocenters. The zero-order valence-electron chi connectivity index (χ0n) is 11.7. The van der Waals surface area contributed by atoms with Gasteiger partial charge in [0.25, 0.3) is 10.2 Å². The molecule has 1 N–H and O–H groups in total. The first-order chi connectivity index (χ1) is 9.53. The quantitative estimate of drug-likeness (QED) is 0.849. The Bertz CT molecular complexity index is 548. The van der Waals surface area contributed by atoms with Gasteiger partial charge in [0, 0.05) is 25.0 Å². The van der Waals surface area contributed by atoms with Gasteiger partial charge in [-0.1, -0.05) is 30.7 Å². The number of alkyl halides is 1. The molecule has 0 aromatic heterocycles. The van der Waals surface area contributed by atoms with Gasteiger partial charge in [0.2, 0.25) is 0 Å². The highest BCUT2D eigenvalue weighted by atomic mass is 35.5. The Labute approximate surface area is 126 Å². The summed E-state index contributed by atoms with van der Waals surface area (Å²) in [5, 5.41) is 0. The summed E-state index contributed by atoms with van der Waals surface area (Å²) in [6.45, 7) is 2.88. The predicted molar refractivity (Wildman–Crippen MR) is 81.8 cm³/mol. The van der Waals surface area contributed by atoms with E-state index in [9.17, 15) is 8.42 Å². The molecule has 0 bridgehead atoms. The monoisotopic (exact) mass is 316 g/mol. The van der Waals surface area contributed by atoms with Crippen molar-refractivity contribution in [2.75, 3.05) is 6.54 Å². The Morgan fingerprint density at radius 2 is 2.10 bits per heavy atom. The van der Waals surface area contributed by atoms with Gasteiger partial charge in [-0.2, -0.15) is 17.4 Å². The van der Waals surface area contributed by atoms with E-state index in [4.69, 9.17) is 11.6 Å². The molecule has 0 amide bonds. The second-order valence-corrected chi connectivity index (χ2v) is 7.21. The molecule has 1 aromatic rings. The van der Waals surface area contributed by atoms with Gasteiger partial charge in [0.05, 0.1) is 0 Å². The molecule has 0 radical (unpaired) electrons. The summed E-state index contributed by atoms with van der Waals surface area (Å²) in [4.78, 5) is 0. The van der Waals surface area contributed by atoms with Crippen molar-refractivity contribution in [1.82, 2.24) is 9.03 Å². The number of piperidine rings is 1. The van der Waals surface area contributed by atoms with E-state index in [1.807, 2.05) is 31.2 Å². The summed E-state index contributed by atoms with van der Waals surface area (Å²) in [6, 6.07) is 7.73. The lowest BCUT2D eigenvalue weighted by molar-refractivity contribution is 0.265. The van der Waals surface area contributed by atoms with E-state index in [1.165, 1.54) is 0 Å².